The van der Waals surface area contributed by atoms with Crippen molar-refractivity contribution >= 4 is 17.5 Å². The molecule has 2 aromatic rings. The van der Waals surface area contributed by atoms with Crippen LogP contribution in [0.1, 0.15) is 20.7 Å². The summed E-state index contributed by atoms with van der Waals surface area (Å²) >= 11 is 0. The van der Waals surface area contributed by atoms with Crippen molar-refractivity contribution in [3.8, 4) is 5.75 Å². The number of carbonyl (C=O) groups is 2. The van der Waals surface area contributed by atoms with Crippen LogP contribution in [0.3, 0.4) is 0 Å². The SMILES string of the molecule is O=C1c2cccc([N+](=O)[O-])c2C(=O)N1CCOc1ccccc1F. The second-order valence-corrected chi connectivity index (χ2v) is 5.00. The zero-order chi connectivity index (χ0) is 17.3. The van der Waals surface area contributed by atoms with Gasteiger partial charge in [0.05, 0.1) is 17.0 Å². The number of benzene rings is 2. The monoisotopic (exact) mass is 330 g/mol. The number of hydrogen-bond acceptors (Lipinski definition) is 5. The number of nitrogens with zero attached hydrogens (tertiary/aromatic N) is 2. The fraction of sp³-hybridized carbons (Fsp3) is 0.125. The van der Waals surface area contributed by atoms with Crippen LogP contribution < -0.4 is 4.74 Å². The number of rotatable bonds is 5. The van der Waals surface area contributed by atoms with Crippen molar-refractivity contribution < 1.29 is 23.6 Å². The van der Waals surface area contributed by atoms with Gasteiger partial charge in [0.2, 0.25) is 0 Å². The number of amides is 2. The molecule has 0 fully saturated rings. The van der Waals surface area contributed by atoms with E-state index in [0.717, 1.165) is 4.90 Å². The number of imide groups is 1. The lowest BCUT2D eigenvalue weighted by atomic mass is 10.1. The fourth-order valence-electron chi connectivity index (χ4n) is 2.48. The maximum Gasteiger partial charge on any atom is 0.282 e. The Labute approximate surface area is 135 Å². The van der Waals surface area contributed by atoms with Gasteiger partial charge >= 0.3 is 0 Å². The molecule has 0 unspecified atom stereocenters. The summed E-state index contributed by atoms with van der Waals surface area (Å²) < 4.78 is 18.7. The number of nitro benzene ring substituents is 1. The third kappa shape index (κ3) is 2.58. The summed E-state index contributed by atoms with van der Waals surface area (Å²) in [4.78, 5) is 35.7. The lowest BCUT2D eigenvalue weighted by molar-refractivity contribution is -0.385. The van der Waals surface area contributed by atoms with Crippen molar-refractivity contribution in [2.75, 3.05) is 13.2 Å². The second-order valence-electron chi connectivity index (χ2n) is 5.00. The Hall–Kier alpha value is -3.29. The number of hydrogen-bond donors (Lipinski definition) is 0. The van der Waals surface area contributed by atoms with Crippen molar-refractivity contribution in [2.45, 2.75) is 0 Å². The molecule has 122 valence electrons. The summed E-state index contributed by atoms with van der Waals surface area (Å²) in [7, 11) is 0. The Morgan fingerprint density at radius 1 is 1.08 bits per heavy atom. The van der Waals surface area contributed by atoms with Gasteiger partial charge < -0.3 is 4.74 Å². The van der Waals surface area contributed by atoms with Gasteiger partial charge in [-0.2, -0.15) is 0 Å². The molecule has 3 rings (SSSR count). The van der Waals surface area contributed by atoms with Gasteiger partial charge in [-0.1, -0.05) is 18.2 Å². The van der Waals surface area contributed by atoms with E-state index in [9.17, 15) is 24.1 Å². The minimum Gasteiger partial charge on any atom is -0.489 e. The van der Waals surface area contributed by atoms with Crippen molar-refractivity contribution in [2.24, 2.45) is 0 Å². The molecular weight excluding hydrogens is 319 g/mol. The molecule has 1 aliphatic heterocycles. The Morgan fingerprint density at radius 3 is 2.54 bits per heavy atom. The molecule has 0 N–H and O–H groups in total. The van der Waals surface area contributed by atoms with E-state index in [1.54, 1.807) is 6.07 Å². The van der Waals surface area contributed by atoms with Crippen molar-refractivity contribution in [1.82, 2.24) is 4.90 Å². The molecule has 24 heavy (non-hydrogen) atoms. The highest BCUT2D eigenvalue weighted by Crippen LogP contribution is 2.30. The van der Waals surface area contributed by atoms with Crippen molar-refractivity contribution in [3.05, 3.63) is 69.5 Å². The molecule has 2 aromatic carbocycles. The van der Waals surface area contributed by atoms with Gasteiger partial charge in [0, 0.05) is 6.07 Å². The highest BCUT2D eigenvalue weighted by atomic mass is 19.1. The molecule has 0 atom stereocenters. The van der Waals surface area contributed by atoms with E-state index < -0.39 is 28.2 Å². The van der Waals surface area contributed by atoms with Crippen LogP contribution in [0.25, 0.3) is 0 Å². The summed E-state index contributed by atoms with van der Waals surface area (Å²) in [6.45, 7) is -0.266. The summed E-state index contributed by atoms with van der Waals surface area (Å²) in [6.07, 6.45) is 0. The molecule has 0 saturated heterocycles. The number of halogens is 1. The van der Waals surface area contributed by atoms with E-state index in [1.807, 2.05) is 0 Å². The van der Waals surface area contributed by atoms with Crippen LogP contribution in [0.4, 0.5) is 10.1 Å². The maximum atomic E-state index is 13.5. The number of para-hydroxylation sites is 1. The van der Waals surface area contributed by atoms with Crippen LogP contribution in [-0.2, 0) is 0 Å². The van der Waals surface area contributed by atoms with Gasteiger partial charge in [0.25, 0.3) is 17.5 Å². The minimum atomic E-state index is -0.751. The molecule has 1 heterocycles. The average Bonchev–Trinajstić information content (AvgIpc) is 2.81. The van der Waals surface area contributed by atoms with Crippen LogP contribution in [0.5, 0.6) is 5.75 Å². The van der Waals surface area contributed by atoms with E-state index in [0.29, 0.717) is 0 Å². The quantitative estimate of drug-likeness (QED) is 0.477. The van der Waals surface area contributed by atoms with Crippen LogP contribution in [0, 0.1) is 15.9 Å². The van der Waals surface area contributed by atoms with Crippen LogP contribution >= 0.6 is 0 Å². The molecule has 0 saturated carbocycles. The summed E-state index contributed by atoms with van der Waals surface area (Å²) in [5, 5.41) is 11.0. The van der Waals surface area contributed by atoms with Gasteiger partial charge in [0.1, 0.15) is 12.2 Å². The largest absolute Gasteiger partial charge is 0.489 e. The van der Waals surface area contributed by atoms with Gasteiger partial charge in [-0.15, -0.1) is 0 Å². The highest BCUT2D eigenvalue weighted by Gasteiger charge is 2.40. The van der Waals surface area contributed by atoms with Crippen molar-refractivity contribution in [3.63, 3.8) is 0 Å². The summed E-state index contributed by atoms with van der Waals surface area (Å²) in [5.41, 5.74) is -0.651. The molecule has 0 spiro atoms. The first kappa shape index (κ1) is 15.6. The zero-order valence-electron chi connectivity index (χ0n) is 12.3. The normalized spacial score (nSPS) is 13.1. The van der Waals surface area contributed by atoms with E-state index >= 15 is 0 Å². The number of nitro groups is 1. The van der Waals surface area contributed by atoms with Gasteiger partial charge in [-0.25, -0.2) is 4.39 Å². The number of carbonyl (C=O) groups excluding carboxylic acids is 2. The lowest BCUT2D eigenvalue weighted by Gasteiger charge is -2.14. The van der Waals surface area contributed by atoms with Crippen LogP contribution in [-0.4, -0.2) is 34.8 Å². The molecule has 0 aromatic heterocycles. The van der Waals surface area contributed by atoms with E-state index in [1.165, 1.54) is 36.4 Å². The molecular formula is C16H11FN2O5. The van der Waals surface area contributed by atoms with Gasteiger partial charge in [-0.3, -0.25) is 24.6 Å². The minimum absolute atomic E-state index is 0.0000830. The Kier molecular flexibility index (Phi) is 3.95. The van der Waals surface area contributed by atoms with Gasteiger partial charge in [-0.05, 0) is 18.2 Å². The van der Waals surface area contributed by atoms with Crippen LogP contribution in [0.2, 0.25) is 0 Å². The Bertz CT molecular complexity index is 852. The smallest absolute Gasteiger partial charge is 0.282 e. The fourth-order valence-corrected chi connectivity index (χ4v) is 2.48. The molecule has 8 heteroatoms. The molecule has 7 nitrogen and oxygen atoms in total. The summed E-state index contributed by atoms with van der Waals surface area (Å²) in [5.74, 6) is -1.94. The topological polar surface area (TPSA) is 89.8 Å². The molecule has 0 bridgehead atoms. The first-order chi connectivity index (χ1) is 11.5. The molecule has 0 aliphatic carbocycles. The van der Waals surface area contributed by atoms with Gasteiger partial charge in [0.15, 0.2) is 11.6 Å². The first-order valence-corrected chi connectivity index (χ1v) is 7.01. The van der Waals surface area contributed by atoms with Crippen molar-refractivity contribution in [1.29, 1.82) is 0 Å². The highest BCUT2D eigenvalue weighted by molar-refractivity contribution is 6.23. The maximum absolute atomic E-state index is 13.5. The third-order valence-corrected chi connectivity index (χ3v) is 3.58. The van der Waals surface area contributed by atoms with E-state index in [2.05, 4.69) is 0 Å². The lowest BCUT2D eigenvalue weighted by Crippen LogP contribution is -2.33. The van der Waals surface area contributed by atoms with Crippen LogP contribution in [0.15, 0.2) is 42.5 Å². The predicted molar refractivity (Wildman–Crippen MR) is 80.4 cm³/mol. The molecule has 2 amide bonds. The average molecular weight is 330 g/mol. The predicted octanol–water partition coefficient (Wildman–Crippen LogP) is 2.41. The standard InChI is InChI=1S/C16H11FN2O5/c17-11-5-1-2-7-13(11)24-9-8-18-15(20)10-4-3-6-12(19(22)23)14(10)16(18)21/h1-7H,8-9H2. The molecule has 1 aliphatic rings. The van der Waals surface area contributed by atoms with E-state index in [4.69, 9.17) is 4.74 Å². The zero-order valence-corrected chi connectivity index (χ0v) is 12.3. The third-order valence-electron chi connectivity index (χ3n) is 3.58. The first-order valence-electron chi connectivity index (χ1n) is 7.01. The second kappa shape index (κ2) is 6.07. The Morgan fingerprint density at radius 2 is 1.83 bits per heavy atom. The molecule has 0 radical (unpaired) electrons. The summed E-state index contributed by atoms with van der Waals surface area (Å²) in [6, 6.07) is 9.61. The number of ether oxygens (including phenoxy) is 1. The van der Waals surface area contributed by atoms with E-state index in [-0.39, 0.29) is 30.0 Å². The Balaban J connectivity index is 1.76. The number of fused-ring (bicyclic) bond motifs is 1.